The number of pyridine rings is 1. The molecule has 0 radical (unpaired) electrons. The first kappa shape index (κ1) is 19.7. The lowest BCUT2D eigenvalue weighted by Crippen LogP contribution is -2.24. The molecule has 0 saturated carbocycles. The highest BCUT2D eigenvalue weighted by Crippen LogP contribution is 2.30. The van der Waals surface area contributed by atoms with E-state index in [1.54, 1.807) is 34.9 Å². The molecule has 2 aromatic heterocycles. The molecule has 1 amide bonds. The number of fused-ring (bicyclic) bond motifs is 1. The van der Waals surface area contributed by atoms with Gasteiger partial charge in [-0.2, -0.15) is 0 Å². The van der Waals surface area contributed by atoms with Crippen LogP contribution in [0.15, 0.2) is 79.0 Å². The first-order valence-electron chi connectivity index (χ1n) is 9.51. The molecular weight excluding hydrogens is 400 g/mol. The Morgan fingerprint density at radius 2 is 1.73 bits per heavy atom. The van der Waals surface area contributed by atoms with Gasteiger partial charge in [-0.15, -0.1) is 0 Å². The molecule has 30 heavy (non-hydrogen) atoms. The second-order valence-corrected chi connectivity index (χ2v) is 7.09. The number of carbonyl (C=O) groups excluding carboxylic acids is 2. The Balaban J connectivity index is 1.73. The van der Waals surface area contributed by atoms with Crippen molar-refractivity contribution in [3.05, 3.63) is 89.7 Å². The van der Waals surface area contributed by atoms with E-state index in [-0.39, 0.29) is 0 Å². The first-order chi connectivity index (χ1) is 14.6. The van der Waals surface area contributed by atoms with E-state index >= 15 is 0 Å². The fourth-order valence-electron chi connectivity index (χ4n) is 3.30. The lowest BCUT2D eigenvalue weighted by Gasteiger charge is -2.09. The van der Waals surface area contributed by atoms with Crippen molar-refractivity contribution in [2.45, 2.75) is 6.92 Å². The van der Waals surface area contributed by atoms with Gasteiger partial charge in [0.2, 0.25) is 0 Å². The smallest absolute Gasteiger partial charge is 0.298 e. The fraction of sp³-hybridized carbons (Fsp3) is 0.0833. The molecule has 6 heteroatoms. The summed E-state index contributed by atoms with van der Waals surface area (Å²) >= 11 is 5.88. The molecule has 4 aromatic rings. The van der Waals surface area contributed by atoms with Crippen LogP contribution < -0.4 is 10.1 Å². The van der Waals surface area contributed by atoms with Crippen molar-refractivity contribution >= 4 is 34.5 Å². The molecule has 0 saturated heterocycles. The molecule has 0 atom stereocenters. The molecule has 0 spiro atoms. The van der Waals surface area contributed by atoms with Gasteiger partial charge in [-0.05, 0) is 67.1 Å². The van der Waals surface area contributed by atoms with E-state index in [0.29, 0.717) is 28.6 Å². The summed E-state index contributed by atoms with van der Waals surface area (Å²) in [6.45, 7) is 2.49. The Kier molecular flexibility index (Phi) is 5.55. The molecule has 0 aliphatic carbocycles. The standard InChI is InChI=1S/C24H19ClN2O3/c1-2-30-20-12-6-16(7-13-20)21-15-19-5-3-4-14-27(19)22(21)23(28)24(29)26-18-10-8-17(25)9-11-18/h3-15H,2H2,1H3,(H,26,29). The van der Waals surface area contributed by atoms with Crippen LogP contribution in [0.4, 0.5) is 5.69 Å². The Morgan fingerprint density at radius 1 is 1.00 bits per heavy atom. The van der Waals surface area contributed by atoms with Crippen LogP contribution in [-0.2, 0) is 4.79 Å². The van der Waals surface area contributed by atoms with Crippen molar-refractivity contribution < 1.29 is 14.3 Å². The second kappa shape index (κ2) is 8.43. The van der Waals surface area contributed by atoms with Gasteiger partial charge in [0.1, 0.15) is 11.4 Å². The number of rotatable bonds is 6. The van der Waals surface area contributed by atoms with E-state index in [1.807, 2.05) is 55.5 Å². The van der Waals surface area contributed by atoms with Gasteiger partial charge >= 0.3 is 0 Å². The zero-order valence-corrected chi connectivity index (χ0v) is 17.0. The lowest BCUT2D eigenvalue weighted by molar-refractivity contribution is -0.112. The third-order valence-electron chi connectivity index (χ3n) is 4.68. The van der Waals surface area contributed by atoms with Crippen molar-refractivity contribution in [3.8, 4) is 16.9 Å². The minimum Gasteiger partial charge on any atom is -0.494 e. The normalized spacial score (nSPS) is 10.7. The maximum absolute atomic E-state index is 13.2. The zero-order valence-electron chi connectivity index (χ0n) is 16.3. The number of aromatic nitrogens is 1. The minimum atomic E-state index is -0.714. The number of hydrogen-bond donors (Lipinski definition) is 1. The van der Waals surface area contributed by atoms with Crippen molar-refractivity contribution in [1.82, 2.24) is 4.40 Å². The Hall–Kier alpha value is -3.57. The van der Waals surface area contributed by atoms with Crippen LogP contribution in [0.2, 0.25) is 5.02 Å². The SMILES string of the molecule is CCOc1ccc(-c2cc3ccccn3c2C(=O)C(=O)Nc2ccc(Cl)cc2)cc1. The molecule has 0 bridgehead atoms. The summed E-state index contributed by atoms with van der Waals surface area (Å²) < 4.78 is 7.23. The van der Waals surface area contributed by atoms with Crippen molar-refractivity contribution in [3.63, 3.8) is 0 Å². The number of anilines is 1. The highest BCUT2D eigenvalue weighted by Gasteiger charge is 2.24. The van der Waals surface area contributed by atoms with Crippen LogP contribution in [0.5, 0.6) is 5.75 Å². The average molecular weight is 419 g/mol. The number of Topliss-reactive ketones (excluding diaryl/α,β-unsaturated/α-hetero) is 1. The van der Waals surface area contributed by atoms with Gasteiger partial charge in [-0.3, -0.25) is 9.59 Å². The van der Waals surface area contributed by atoms with Crippen LogP contribution in [0.25, 0.3) is 16.6 Å². The lowest BCUT2D eigenvalue weighted by atomic mass is 10.0. The van der Waals surface area contributed by atoms with Gasteiger partial charge in [0.15, 0.2) is 0 Å². The number of nitrogens with zero attached hydrogens (tertiary/aromatic N) is 1. The number of carbonyl (C=O) groups is 2. The van der Waals surface area contributed by atoms with Gasteiger partial charge in [0.05, 0.1) is 6.61 Å². The van der Waals surface area contributed by atoms with Gasteiger partial charge < -0.3 is 14.5 Å². The number of benzene rings is 2. The zero-order chi connectivity index (χ0) is 21.1. The average Bonchev–Trinajstić information content (AvgIpc) is 3.15. The monoisotopic (exact) mass is 418 g/mol. The predicted octanol–water partition coefficient (Wildman–Crippen LogP) is 5.48. The molecule has 4 rings (SSSR count). The van der Waals surface area contributed by atoms with Gasteiger partial charge in [0.25, 0.3) is 11.7 Å². The Labute approximate surface area is 178 Å². The van der Waals surface area contributed by atoms with Gasteiger partial charge in [0, 0.05) is 28.0 Å². The van der Waals surface area contributed by atoms with E-state index in [4.69, 9.17) is 16.3 Å². The Bertz CT molecular complexity index is 1210. The molecule has 0 unspecified atom stereocenters. The van der Waals surface area contributed by atoms with E-state index < -0.39 is 11.7 Å². The maximum Gasteiger partial charge on any atom is 0.298 e. The van der Waals surface area contributed by atoms with Crippen molar-refractivity contribution in [1.29, 1.82) is 0 Å². The van der Waals surface area contributed by atoms with E-state index in [9.17, 15) is 9.59 Å². The molecule has 5 nitrogen and oxygen atoms in total. The summed E-state index contributed by atoms with van der Waals surface area (Å²) in [6.07, 6.45) is 1.77. The van der Waals surface area contributed by atoms with Gasteiger partial charge in [-0.25, -0.2) is 0 Å². The summed E-state index contributed by atoms with van der Waals surface area (Å²) in [7, 11) is 0. The quantitative estimate of drug-likeness (QED) is 0.333. The number of nitrogens with one attached hydrogen (secondary N) is 1. The first-order valence-corrected chi connectivity index (χ1v) is 9.89. The van der Waals surface area contributed by atoms with Crippen LogP contribution >= 0.6 is 11.6 Å². The number of ether oxygens (including phenoxy) is 1. The molecule has 0 fully saturated rings. The Morgan fingerprint density at radius 3 is 2.43 bits per heavy atom. The van der Waals surface area contributed by atoms with Crippen LogP contribution in [0.3, 0.4) is 0 Å². The number of hydrogen-bond acceptors (Lipinski definition) is 3. The highest BCUT2D eigenvalue weighted by molar-refractivity contribution is 6.47. The maximum atomic E-state index is 13.2. The molecular formula is C24H19ClN2O3. The second-order valence-electron chi connectivity index (χ2n) is 6.65. The predicted molar refractivity (Wildman–Crippen MR) is 118 cm³/mol. The summed E-state index contributed by atoms with van der Waals surface area (Å²) in [4.78, 5) is 25.9. The fourth-order valence-corrected chi connectivity index (χ4v) is 3.43. The van der Waals surface area contributed by atoms with Gasteiger partial charge in [-0.1, -0.05) is 29.8 Å². The van der Waals surface area contributed by atoms with E-state index in [0.717, 1.165) is 16.8 Å². The molecule has 2 aromatic carbocycles. The topological polar surface area (TPSA) is 59.8 Å². The van der Waals surface area contributed by atoms with Crippen molar-refractivity contribution in [2.75, 3.05) is 11.9 Å². The summed E-state index contributed by atoms with van der Waals surface area (Å²) in [5, 5.41) is 3.20. The molecule has 1 N–H and O–H groups in total. The van der Waals surface area contributed by atoms with Crippen LogP contribution in [0, 0.1) is 0 Å². The summed E-state index contributed by atoms with van der Waals surface area (Å²) in [5.74, 6) is -0.591. The third kappa shape index (κ3) is 3.93. The van der Waals surface area contributed by atoms with E-state index in [2.05, 4.69) is 5.32 Å². The largest absolute Gasteiger partial charge is 0.494 e. The summed E-state index contributed by atoms with van der Waals surface area (Å²) in [6, 6.07) is 21.6. The molecule has 2 heterocycles. The molecule has 0 aliphatic heterocycles. The van der Waals surface area contributed by atoms with E-state index in [1.165, 1.54) is 0 Å². The highest BCUT2D eigenvalue weighted by atomic mass is 35.5. The number of halogens is 1. The molecule has 0 aliphatic rings. The number of ketones is 1. The number of amides is 1. The summed E-state index contributed by atoms with van der Waals surface area (Å²) in [5.41, 5.74) is 3.14. The van der Waals surface area contributed by atoms with Crippen molar-refractivity contribution in [2.24, 2.45) is 0 Å². The van der Waals surface area contributed by atoms with Crippen LogP contribution in [0.1, 0.15) is 17.4 Å². The van der Waals surface area contributed by atoms with Crippen LogP contribution in [-0.4, -0.2) is 22.7 Å². The minimum absolute atomic E-state index is 0.307. The third-order valence-corrected chi connectivity index (χ3v) is 4.93. The molecule has 150 valence electrons.